The number of aliphatic hydroxyl groups excluding tert-OH is 1. The van der Waals surface area contributed by atoms with Crippen molar-refractivity contribution >= 4 is 29.0 Å². The summed E-state index contributed by atoms with van der Waals surface area (Å²) in [5, 5.41) is 15.9. The van der Waals surface area contributed by atoms with Gasteiger partial charge in [0.2, 0.25) is 11.7 Å². The first kappa shape index (κ1) is 20.3. The van der Waals surface area contributed by atoms with Gasteiger partial charge < -0.3 is 15.7 Å². The molecule has 6 heteroatoms. The molecule has 1 aromatic rings. The van der Waals surface area contributed by atoms with Crippen molar-refractivity contribution in [2.45, 2.75) is 63.8 Å². The van der Waals surface area contributed by atoms with Crippen LogP contribution in [-0.4, -0.2) is 28.7 Å². The minimum atomic E-state index is -0.777. The monoisotopic (exact) mass is 422 g/mol. The standard InChI is InChI=1S/C25H30N2O4/c28-21(10-22(29)24(31)27-19-4-5-19)18-2-1-3-20(9-18)26-23(30)14-25-11-15-6-16(12-25)8-17(7-15)13-25/h1-3,9-10,15-17,19,28H,4-8,11-14H2,(H,26,30)(H,27,31)/b21-10-. The van der Waals surface area contributed by atoms with Gasteiger partial charge in [-0.3, -0.25) is 14.4 Å². The van der Waals surface area contributed by atoms with E-state index in [1.165, 1.54) is 38.5 Å². The molecular weight excluding hydrogens is 392 g/mol. The van der Waals surface area contributed by atoms with Crippen LogP contribution in [-0.2, 0) is 14.4 Å². The third kappa shape index (κ3) is 4.53. The van der Waals surface area contributed by atoms with Crippen molar-refractivity contribution in [2.24, 2.45) is 23.2 Å². The Kier molecular flexibility index (Phi) is 5.11. The number of amides is 2. The van der Waals surface area contributed by atoms with Crippen LogP contribution in [0.15, 0.2) is 30.3 Å². The topological polar surface area (TPSA) is 95.5 Å². The van der Waals surface area contributed by atoms with E-state index >= 15 is 0 Å². The molecule has 5 fully saturated rings. The quantitative estimate of drug-likeness (QED) is 0.352. The molecule has 0 radical (unpaired) electrons. The van der Waals surface area contributed by atoms with Gasteiger partial charge in [-0.25, -0.2) is 0 Å². The van der Waals surface area contributed by atoms with Crippen LogP contribution in [0.1, 0.15) is 63.4 Å². The molecular formula is C25H30N2O4. The number of ketones is 1. The number of benzene rings is 1. The number of aliphatic hydroxyl groups is 1. The average molecular weight is 423 g/mol. The average Bonchev–Trinajstić information content (AvgIpc) is 3.50. The number of rotatable bonds is 7. The second-order valence-corrected chi connectivity index (χ2v) is 10.4. The molecule has 0 atom stereocenters. The van der Waals surface area contributed by atoms with E-state index in [4.69, 9.17) is 0 Å². The van der Waals surface area contributed by atoms with Crippen LogP contribution in [0.3, 0.4) is 0 Å². The van der Waals surface area contributed by atoms with Gasteiger partial charge in [0.25, 0.3) is 5.91 Å². The number of carbonyl (C=O) groups is 3. The van der Waals surface area contributed by atoms with E-state index in [0.717, 1.165) is 36.7 Å². The van der Waals surface area contributed by atoms with Crippen molar-refractivity contribution in [3.05, 3.63) is 35.9 Å². The maximum Gasteiger partial charge on any atom is 0.292 e. The molecule has 164 valence electrons. The highest BCUT2D eigenvalue weighted by Crippen LogP contribution is 2.61. The van der Waals surface area contributed by atoms with Gasteiger partial charge in [0.05, 0.1) is 0 Å². The van der Waals surface area contributed by atoms with Crippen molar-refractivity contribution in [3.8, 4) is 0 Å². The van der Waals surface area contributed by atoms with Crippen molar-refractivity contribution in [3.63, 3.8) is 0 Å². The van der Waals surface area contributed by atoms with E-state index < -0.39 is 11.7 Å². The van der Waals surface area contributed by atoms with E-state index in [-0.39, 0.29) is 23.1 Å². The molecule has 0 unspecified atom stereocenters. The maximum atomic E-state index is 12.9. The third-order valence-corrected chi connectivity index (χ3v) is 7.55. The van der Waals surface area contributed by atoms with Gasteiger partial charge in [-0.05, 0) is 86.7 Å². The zero-order valence-corrected chi connectivity index (χ0v) is 17.7. The molecule has 6 nitrogen and oxygen atoms in total. The largest absolute Gasteiger partial charge is 0.507 e. The maximum absolute atomic E-state index is 12.9. The van der Waals surface area contributed by atoms with Crippen molar-refractivity contribution in [1.82, 2.24) is 5.32 Å². The molecule has 0 aliphatic heterocycles. The predicted molar refractivity (Wildman–Crippen MR) is 117 cm³/mol. The number of hydrogen-bond acceptors (Lipinski definition) is 4. The van der Waals surface area contributed by atoms with Crippen LogP contribution in [0.4, 0.5) is 5.69 Å². The summed E-state index contributed by atoms with van der Waals surface area (Å²) in [6.07, 6.45) is 10.9. The molecule has 0 spiro atoms. The Morgan fingerprint density at radius 3 is 2.29 bits per heavy atom. The highest BCUT2D eigenvalue weighted by Gasteiger charge is 2.51. The van der Waals surface area contributed by atoms with Gasteiger partial charge in [-0.15, -0.1) is 0 Å². The summed E-state index contributed by atoms with van der Waals surface area (Å²) >= 11 is 0. The summed E-state index contributed by atoms with van der Waals surface area (Å²) in [5.74, 6) is 0.669. The molecule has 2 amide bonds. The lowest BCUT2D eigenvalue weighted by Crippen LogP contribution is -2.47. The first-order valence-corrected chi connectivity index (χ1v) is 11.5. The normalized spacial score (nSPS) is 31.4. The van der Waals surface area contributed by atoms with E-state index in [9.17, 15) is 19.5 Å². The lowest BCUT2D eigenvalue weighted by atomic mass is 9.49. The van der Waals surface area contributed by atoms with E-state index in [0.29, 0.717) is 17.7 Å². The smallest absolute Gasteiger partial charge is 0.292 e. The molecule has 5 aliphatic rings. The first-order chi connectivity index (χ1) is 14.9. The zero-order chi connectivity index (χ0) is 21.6. The van der Waals surface area contributed by atoms with Gasteiger partial charge in [0, 0.05) is 29.8 Å². The van der Waals surface area contributed by atoms with Gasteiger partial charge >= 0.3 is 0 Å². The fourth-order valence-corrected chi connectivity index (χ4v) is 6.57. The molecule has 5 saturated carbocycles. The molecule has 31 heavy (non-hydrogen) atoms. The number of carbonyl (C=O) groups excluding carboxylic acids is 3. The Balaban J connectivity index is 1.22. The van der Waals surface area contributed by atoms with Gasteiger partial charge in [0.1, 0.15) is 5.76 Å². The summed E-state index contributed by atoms with van der Waals surface area (Å²) in [6, 6.07) is 6.85. The van der Waals surface area contributed by atoms with E-state index in [2.05, 4.69) is 10.6 Å². The molecule has 5 aliphatic carbocycles. The Morgan fingerprint density at radius 1 is 1.03 bits per heavy atom. The predicted octanol–water partition coefficient (Wildman–Crippen LogP) is 3.98. The fourth-order valence-electron chi connectivity index (χ4n) is 6.57. The molecule has 4 bridgehead atoms. The Morgan fingerprint density at radius 2 is 1.68 bits per heavy atom. The molecule has 0 saturated heterocycles. The molecule has 0 aromatic heterocycles. The van der Waals surface area contributed by atoms with Crippen LogP contribution in [0.2, 0.25) is 0 Å². The molecule has 1 aromatic carbocycles. The summed E-state index contributed by atoms with van der Waals surface area (Å²) in [6.45, 7) is 0. The molecule has 6 rings (SSSR count). The second kappa shape index (κ2) is 7.81. The van der Waals surface area contributed by atoms with Crippen LogP contribution in [0.25, 0.3) is 5.76 Å². The first-order valence-electron chi connectivity index (χ1n) is 11.5. The van der Waals surface area contributed by atoms with Crippen LogP contribution in [0.5, 0.6) is 0 Å². The van der Waals surface area contributed by atoms with Crippen molar-refractivity contribution in [1.29, 1.82) is 0 Å². The van der Waals surface area contributed by atoms with Gasteiger partial charge in [-0.1, -0.05) is 12.1 Å². The minimum Gasteiger partial charge on any atom is -0.507 e. The van der Waals surface area contributed by atoms with Gasteiger partial charge in [-0.2, -0.15) is 0 Å². The van der Waals surface area contributed by atoms with Crippen LogP contribution < -0.4 is 10.6 Å². The van der Waals surface area contributed by atoms with Crippen LogP contribution >= 0.6 is 0 Å². The minimum absolute atomic E-state index is 0.0162. The van der Waals surface area contributed by atoms with Crippen molar-refractivity contribution < 1.29 is 19.5 Å². The molecule has 3 N–H and O–H groups in total. The highest BCUT2D eigenvalue weighted by atomic mass is 16.3. The SMILES string of the molecule is O=C(CC12CC3CC(CC(C3)C1)C2)Nc1cccc(/C(O)=C/C(=O)C(=O)NC2CC2)c1. The summed E-state index contributed by atoms with van der Waals surface area (Å²) < 4.78 is 0. The van der Waals surface area contributed by atoms with Crippen molar-refractivity contribution in [2.75, 3.05) is 5.32 Å². The Labute approximate surface area is 182 Å². The van der Waals surface area contributed by atoms with E-state index in [1.54, 1.807) is 24.3 Å². The number of nitrogens with one attached hydrogen (secondary N) is 2. The lowest BCUT2D eigenvalue weighted by Gasteiger charge is -2.56. The highest BCUT2D eigenvalue weighted by molar-refractivity contribution is 6.41. The van der Waals surface area contributed by atoms with Crippen LogP contribution in [0, 0.1) is 23.2 Å². The lowest BCUT2D eigenvalue weighted by molar-refractivity contribution is -0.135. The summed E-state index contributed by atoms with van der Waals surface area (Å²) in [4.78, 5) is 36.6. The Hall–Kier alpha value is -2.63. The molecule has 0 heterocycles. The third-order valence-electron chi connectivity index (χ3n) is 7.55. The zero-order valence-electron chi connectivity index (χ0n) is 17.7. The Bertz CT molecular complexity index is 911. The van der Waals surface area contributed by atoms with Gasteiger partial charge in [0.15, 0.2) is 0 Å². The number of hydrogen-bond donors (Lipinski definition) is 3. The fraction of sp³-hybridized carbons (Fsp3) is 0.560. The second-order valence-electron chi connectivity index (χ2n) is 10.4. The summed E-state index contributed by atoms with van der Waals surface area (Å²) in [7, 11) is 0. The van der Waals surface area contributed by atoms with E-state index in [1.807, 2.05) is 0 Å². The summed E-state index contributed by atoms with van der Waals surface area (Å²) in [5.41, 5.74) is 1.14. The number of anilines is 1.